The lowest BCUT2D eigenvalue weighted by atomic mass is 9.99. The Labute approximate surface area is 186 Å². The molecule has 1 aromatic heterocycles. The third kappa shape index (κ3) is 5.24. The smallest absolute Gasteiger partial charge is 0.271 e. The van der Waals surface area contributed by atoms with Gasteiger partial charge in [0.15, 0.2) is 0 Å². The predicted octanol–water partition coefficient (Wildman–Crippen LogP) is 3.14. The van der Waals surface area contributed by atoms with Gasteiger partial charge in [0.05, 0.1) is 6.42 Å². The molecule has 0 aliphatic heterocycles. The Kier molecular flexibility index (Phi) is 6.65. The predicted molar refractivity (Wildman–Crippen MR) is 128 cm³/mol. The Hall–Kier alpha value is -3.87. The average molecular weight is 430 g/mol. The summed E-state index contributed by atoms with van der Waals surface area (Å²) in [4.78, 5) is 24.1. The number of nitrogen functional groups attached to an aromatic ring is 1. The number of hydrogen-bond donors (Lipinski definition) is 4. The summed E-state index contributed by atoms with van der Waals surface area (Å²) in [6.45, 7) is 1.23. The highest BCUT2D eigenvalue weighted by atomic mass is 16.1. The Morgan fingerprint density at radius 2 is 1.94 bits per heavy atom. The number of carbonyl (C=O) groups is 1. The molecule has 0 saturated heterocycles. The first-order valence-electron chi connectivity index (χ1n) is 10.8. The highest BCUT2D eigenvalue weighted by Gasteiger charge is 2.14. The molecule has 0 unspecified atom stereocenters. The molecule has 0 bridgehead atoms. The van der Waals surface area contributed by atoms with Crippen LogP contribution in [0.25, 0.3) is 17.2 Å². The number of nitrogens with two attached hydrogens (primary N) is 1. The Morgan fingerprint density at radius 3 is 2.75 bits per heavy atom. The molecule has 1 heterocycles. The number of nitrogens with zero attached hydrogens (tertiary/aromatic N) is 1. The van der Waals surface area contributed by atoms with Crippen LogP contribution in [0.3, 0.4) is 0 Å². The first kappa shape index (κ1) is 21.4. The van der Waals surface area contributed by atoms with Gasteiger partial charge in [0.2, 0.25) is 5.91 Å². The molecular formula is C25H27N5O2. The van der Waals surface area contributed by atoms with Crippen molar-refractivity contribution in [3.63, 3.8) is 0 Å². The van der Waals surface area contributed by atoms with Crippen molar-refractivity contribution in [2.24, 2.45) is 0 Å². The lowest BCUT2D eigenvalue weighted by Gasteiger charge is -2.14. The van der Waals surface area contributed by atoms with E-state index >= 15 is 0 Å². The summed E-state index contributed by atoms with van der Waals surface area (Å²) in [5.41, 5.74) is 11.2. The normalized spacial score (nSPS) is 12.2. The number of benzene rings is 2. The van der Waals surface area contributed by atoms with Crippen LogP contribution in [0.2, 0.25) is 0 Å². The molecular weight excluding hydrogens is 402 g/mol. The van der Waals surface area contributed by atoms with Gasteiger partial charge in [-0.25, -0.2) is 5.10 Å². The van der Waals surface area contributed by atoms with E-state index in [1.807, 2.05) is 60.7 Å². The molecule has 0 radical (unpaired) electrons. The SMILES string of the molecule is Nc1cccc(-c2ccc(CC(=O)NCCCNc3n[nH]c(=O)c4c3CCC=C4)cc2)c1. The number of aromatic nitrogens is 2. The number of fused-ring (bicyclic) bond motifs is 1. The van der Waals surface area contributed by atoms with Crippen LogP contribution in [-0.2, 0) is 17.6 Å². The van der Waals surface area contributed by atoms with Crippen LogP contribution >= 0.6 is 0 Å². The highest BCUT2D eigenvalue weighted by molar-refractivity contribution is 5.79. The van der Waals surface area contributed by atoms with Crippen molar-refractivity contribution >= 4 is 23.5 Å². The van der Waals surface area contributed by atoms with Crippen LogP contribution < -0.4 is 21.9 Å². The van der Waals surface area contributed by atoms with Crippen LogP contribution in [0.4, 0.5) is 11.5 Å². The van der Waals surface area contributed by atoms with E-state index in [1.165, 1.54) is 0 Å². The van der Waals surface area contributed by atoms with Gasteiger partial charge in [0, 0.05) is 29.9 Å². The van der Waals surface area contributed by atoms with Gasteiger partial charge in [-0.1, -0.05) is 48.6 Å². The van der Waals surface area contributed by atoms with Crippen LogP contribution in [0, 0.1) is 0 Å². The molecule has 0 fully saturated rings. The number of allylic oxidation sites excluding steroid dienone is 1. The van der Waals surface area contributed by atoms with E-state index in [9.17, 15) is 9.59 Å². The van der Waals surface area contributed by atoms with E-state index < -0.39 is 0 Å². The molecule has 1 aliphatic rings. The number of aromatic amines is 1. The fraction of sp³-hybridized carbons (Fsp3) is 0.240. The Balaban J connectivity index is 1.21. The highest BCUT2D eigenvalue weighted by Crippen LogP contribution is 2.22. The maximum Gasteiger partial charge on any atom is 0.271 e. The molecule has 164 valence electrons. The topological polar surface area (TPSA) is 113 Å². The van der Waals surface area contributed by atoms with Crippen molar-refractivity contribution in [1.82, 2.24) is 15.5 Å². The van der Waals surface area contributed by atoms with E-state index in [-0.39, 0.29) is 11.5 Å². The first-order chi connectivity index (χ1) is 15.6. The maximum absolute atomic E-state index is 12.3. The van der Waals surface area contributed by atoms with E-state index in [0.29, 0.717) is 25.1 Å². The zero-order chi connectivity index (χ0) is 22.3. The molecule has 2 aromatic carbocycles. The summed E-state index contributed by atoms with van der Waals surface area (Å²) in [6.07, 6.45) is 6.66. The number of amides is 1. The van der Waals surface area contributed by atoms with Crippen LogP contribution in [-0.4, -0.2) is 29.2 Å². The molecule has 0 spiro atoms. The number of anilines is 2. The number of rotatable bonds is 8. The van der Waals surface area contributed by atoms with E-state index in [0.717, 1.165) is 53.0 Å². The second kappa shape index (κ2) is 9.96. The Morgan fingerprint density at radius 1 is 1.09 bits per heavy atom. The fourth-order valence-electron chi connectivity index (χ4n) is 3.81. The van der Waals surface area contributed by atoms with E-state index in [1.54, 1.807) is 0 Å². The van der Waals surface area contributed by atoms with Crippen molar-refractivity contribution in [1.29, 1.82) is 0 Å². The lowest BCUT2D eigenvalue weighted by Crippen LogP contribution is -2.27. The molecule has 0 saturated carbocycles. The van der Waals surface area contributed by atoms with Gasteiger partial charge in [-0.15, -0.1) is 0 Å². The Bertz CT molecular complexity index is 1180. The summed E-state index contributed by atoms with van der Waals surface area (Å²) >= 11 is 0. The molecule has 7 nitrogen and oxygen atoms in total. The number of carbonyl (C=O) groups excluding carboxylic acids is 1. The molecule has 1 aliphatic carbocycles. The molecule has 32 heavy (non-hydrogen) atoms. The molecule has 1 amide bonds. The van der Waals surface area contributed by atoms with Gasteiger partial charge in [-0.3, -0.25) is 9.59 Å². The molecule has 4 rings (SSSR count). The molecule has 7 heteroatoms. The molecule has 3 aromatic rings. The summed E-state index contributed by atoms with van der Waals surface area (Å²) < 4.78 is 0. The van der Waals surface area contributed by atoms with Gasteiger partial charge >= 0.3 is 0 Å². The average Bonchev–Trinajstić information content (AvgIpc) is 2.81. The minimum Gasteiger partial charge on any atom is -0.399 e. The van der Waals surface area contributed by atoms with Gasteiger partial charge in [0.1, 0.15) is 5.82 Å². The van der Waals surface area contributed by atoms with Crippen molar-refractivity contribution in [2.75, 3.05) is 24.1 Å². The largest absolute Gasteiger partial charge is 0.399 e. The van der Waals surface area contributed by atoms with Crippen LogP contribution in [0.1, 0.15) is 29.5 Å². The van der Waals surface area contributed by atoms with Crippen molar-refractivity contribution in [3.05, 3.63) is 81.7 Å². The van der Waals surface area contributed by atoms with Crippen LogP contribution in [0.15, 0.2) is 59.4 Å². The monoisotopic (exact) mass is 429 g/mol. The second-order valence-electron chi connectivity index (χ2n) is 7.86. The quantitative estimate of drug-likeness (QED) is 0.325. The van der Waals surface area contributed by atoms with Gasteiger partial charge in [0.25, 0.3) is 5.56 Å². The number of hydrogen-bond acceptors (Lipinski definition) is 5. The summed E-state index contributed by atoms with van der Waals surface area (Å²) in [7, 11) is 0. The first-order valence-corrected chi connectivity index (χ1v) is 10.8. The maximum atomic E-state index is 12.3. The third-order valence-electron chi connectivity index (χ3n) is 5.48. The zero-order valence-electron chi connectivity index (χ0n) is 17.9. The minimum atomic E-state index is -0.158. The van der Waals surface area contributed by atoms with Crippen molar-refractivity contribution in [2.45, 2.75) is 25.7 Å². The van der Waals surface area contributed by atoms with E-state index in [2.05, 4.69) is 20.8 Å². The number of nitrogens with one attached hydrogen (secondary N) is 3. The number of H-pyrrole nitrogens is 1. The second-order valence-corrected chi connectivity index (χ2v) is 7.86. The summed E-state index contributed by atoms with van der Waals surface area (Å²) in [6, 6.07) is 15.7. The summed E-state index contributed by atoms with van der Waals surface area (Å²) in [5.74, 6) is 0.710. The fourth-order valence-corrected chi connectivity index (χ4v) is 3.81. The van der Waals surface area contributed by atoms with Crippen LogP contribution in [0.5, 0.6) is 0 Å². The standard InChI is InChI=1S/C25H27N5O2/c26-20-6-3-5-19(16-20)18-11-9-17(10-12-18)15-23(31)27-13-4-14-28-24-21-7-1-2-8-22(21)25(32)30-29-24/h2-3,5-6,8-12,16H,1,4,7,13-15,26H2,(H,27,31)(H,28,29)(H,30,32). The van der Waals surface area contributed by atoms with Gasteiger partial charge < -0.3 is 16.4 Å². The van der Waals surface area contributed by atoms with Gasteiger partial charge in [-0.2, -0.15) is 5.10 Å². The van der Waals surface area contributed by atoms with Gasteiger partial charge in [-0.05, 0) is 48.1 Å². The van der Waals surface area contributed by atoms with Crippen molar-refractivity contribution < 1.29 is 4.79 Å². The molecule has 0 atom stereocenters. The summed E-state index contributed by atoms with van der Waals surface area (Å²) in [5, 5.41) is 12.9. The molecule has 5 N–H and O–H groups in total. The lowest BCUT2D eigenvalue weighted by molar-refractivity contribution is -0.120. The zero-order valence-corrected chi connectivity index (χ0v) is 17.9. The minimum absolute atomic E-state index is 0.00797. The van der Waals surface area contributed by atoms with Crippen molar-refractivity contribution in [3.8, 4) is 11.1 Å². The third-order valence-corrected chi connectivity index (χ3v) is 5.48. The van der Waals surface area contributed by atoms with E-state index in [4.69, 9.17) is 5.73 Å².